The van der Waals surface area contributed by atoms with Crippen LogP contribution < -0.4 is 0 Å². The molecular weight excluding hydrogens is 326 g/mol. The standard InChI is InChI=1S/C22H17NO3/c24-22(13-18-11-6-10-16-7-4-5-12-19(16)18)25-15-21-23-14-20(26-21)17-8-2-1-3-9-17/h1-12,14H,13,15H2. The van der Waals surface area contributed by atoms with Crippen LogP contribution in [0.3, 0.4) is 0 Å². The topological polar surface area (TPSA) is 52.3 Å². The van der Waals surface area contributed by atoms with Crippen molar-refractivity contribution in [1.29, 1.82) is 0 Å². The van der Waals surface area contributed by atoms with Crippen molar-refractivity contribution in [3.8, 4) is 11.3 Å². The van der Waals surface area contributed by atoms with Gasteiger partial charge in [0.2, 0.25) is 5.89 Å². The first-order valence-electron chi connectivity index (χ1n) is 8.42. The van der Waals surface area contributed by atoms with Crippen LogP contribution in [0.1, 0.15) is 11.5 Å². The number of rotatable bonds is 5. The molecule has 128 valence electrons. The van der Waals surface area contributed by atoms with Crippen molar-refractivity contribution in [2.75, 3.05) is 0 Å². The number of carbonyl (C=O) groups is 1. The Hall–Kier alpha value is -3.40. The minimum Gasteiger partial charge on any atom is -0.455 e. The van der Waals surface area contributed by atoms with Gasteiger partial charge in [0, 0.05) is 5.56 Å². The van der Waals surface area contributed by atoms with Crippen molar-refractivity contribution >= 4 is 16.7 Å². The molecule has 0 N–H and O–H groups in total. The van der Waals surface area contributed by atoms with Gasteiger partial charge in [-0.05, 0) is 16.3 Å². The molecule has 26 heavy (non-hydrogen) atoms. The predicted molar refractivity (Wildman–Crippen MR) is 99.4 cm³/mol. The number of aromatic nitrogens is 1. The molecule has 0 saturated carbocycles. The molecule has 0 saturated heterocycles. The Morgan fingerprint density at radius 2 is 1.69 bits per heavy atom. The predicted octanol–water partition coefficient (Wildman–Crippen LogP) is 4.78. The van der Waals surface area contributed by atoms with Crippen molar-refractivity contribution < 1.29 is 13.9 Å². The number of fused-ring (bicyclic) bond motifs is 1. The minimum absolute atomic E-state index is 0.0242. The zero-order valence-electron chi connectivity index (χ0n) is 14.1. The smallest absolute Gasteiger partial charge is 0.310 e. The van der Waals surface area contributed by atoms with E-state index in [-0.39, 0.29) is 19.0 Å². The number of benzene rings is 3. The summed E-state index contributed by atoms with van der Waals surface area (Å²) in [6, 6.07) is 23.6. The molecule has 0 radical (unpaired) electrons. The third-order valence-electron chi connectivity index (χ3n) is 4.18. The van der Waals surface area contributed by atoms with Gasteiger partial charge in [0.25, 0.3) is 0 Å². The maximum Gasteiger partial charge on any atom is 0.310 e. The Kier molecular flexibility index (Phi) is 4.48. The van der Waals surface area contributed by atoms with Crippen LogP contribution in [0.15, 0.2) is 83.4 Å². The van der Waals surface area contributed by atoms with Gasteiger partial charge < -0.3 is 9.15 Å². The second kappa shape index (κ2) is 7.23. The highest BCUT2D eigenvalue weighted by molar-refractivity contribution is 5.88. The number of oxazole rings is 1. The number of nitrogens with zero attached hydrogens (tertiary/aromatic N) is 1. The summed E-state index contributed by atoms with van der Waals surface area (Å²) >= 11 is 0. The van der Waals surface area contributed by atoms with Gasteiger partial charge in [0.05, 0.1) is 12.6 Å². The van der Waals surface area contributed by atoms with Gasteiger partial charge >= 0.3 is 5.97 Å². The highest BCUT2D eigenvalue weighted by Crippen LogP contribution is 2.21. The van der Waals surface area contributed by atoms with Crippen molar-refractivity contribution in [3.05, 3.63) is 90.4 Å². The van der Waals surface area contributed by atoms with Crippen LogP contribution in [-0.4, -0.2) is 11.0 Å². The highest BCUT2D eigenvalue weighted by atomic mass is 16.5. The first-order chi connectivity index (χ1) is 12.8. The van der Waals surface area contributed by atoms with Gasteiger partial charge in [-0.15, -0.1) is 0 Å². The van der Waals surface area contributed by atoms with E-state index < -0.39 is 0 Å². The van der Waals surface area contributed by atoms with E-state index in [0.29, 0.717) is 11.7 Å². The average Bonchev–Trinajstić information content (AvgIpc) is 3.17. The Bertz CT molecular complexity index is 1030. The number of carbonyl (C=O) groups excluding carboxylic acids is 1. The molecule has 0 fully saturated rings. The number of hydrogen-bond acceptors (Lipinski definition) is 4. The molecule has 0 amide bonds. The van der Waals surface area contributed by atoms with E-state index in [1.807, 2.05) is 72.8 Å². The largest absolute Gasteiger partial charge is 0.455 e. The van der Waals surface area contributed by atoms with E-state index in [1.54, 1.807) is 6.20 Å². The summed E-state index contributed by atoms with van der Waals surface area (Å²) in [7, 11) is 0. The maximum absolute atomic E-state index is 12.2. The van der Waals surface area contributed by atoms with E-state index in [0.717, 1.165) is 21.9 Å². The summed E-state index contributed by atoms with van der Waals surface area (Å²) < 4.78 is 11.0. The fourth-order valence-electron chi connectivity index (χ4n) is 2.91. The van der Waals surface area contributed by atoms with E-state index in [4.69, 9.17) is 9.15 Å². The van der Waals surface area contributed by atoms with Crippen LogP contribution in [0.2, 0.25) is 0 Å². The molecule has 4 nitrogen and oxygen atoms in total. The second-order valence-corrected chi connectivity index (χ2v) is 5.96. The first-order valence-corrected chi connectivity index (χ1v) is 8.42. The van der Waals surface area contributed by atoms with E-state index in [2.05, 4.69) is 4.98 Å². The lowest BCUT2D eigenvalue weighted by Gasteiger charge is -2.06. The molecule has 4 aromatic rings. The fraction of sp³-hybridized carbons (Fsp3) is 0.0909. The number of esters is 1. The van der Waals surface area contributed by atoms with Gasteiger partial charge in [-0.25, -0.2) is 4.98 Å². The summed E-state index contributed by atoms with van der Waals surface area (Å²) in [4.78, 5) is 16.4. The summed E-state index contributed by atoms with van der Waals surface area (Å²) in [5.74, 6) is 0.738. The Balaban J connectivity index is 1.41. The van der Waals surface area contributed by atoms with Gasteiger partial charge in [0.1, 0.15) is 0 Å². The lowest BCUT2D eigenvalue weighted by molar-refractivity contribution is -0.144. The van der Waals surface area contributed by atoms with Crippen LogP contribution in [0.5, 0.6) is 0 Å². The van der Waals surface area contributed by atoms with E-state index in [9.17, 15) is 4.79 Å². The van der Waals surface area contributed by atoms with Crippen LogP contribution in [0, 0.1) is 0 Å². The van der Waals surface area contributed by atoms with Crippen LogP contribution in [-0.2, 0) is 22.6 Å². The highest BCUT2D eigenvalue weighted by Gasteiger charge is 2.11. The summed E-state index contributed by atoms with van der Waals surface area (Å²) in [6.45, 7) is 0.0242. The normalized spacial score (nSPS) is 10.8. The molecule has 1 aromatic heterocycles. The molecule has 3 aromatic carbocycles. The molecule has 0 unspecified atom stereocenters. The quantitative estimate of drug-likeness (QED) is 0.489. The lowest BCUT2D eigenvalue weighted by atomic mass is 10.0. The third-order valence-corrected chi connectivity index (χ3v) is 4.18. The summed E-state index contributed by atoms with van der Waals surface area (Å²) in [5.41, 5.74) is 1.89. The van der Waals surface area contributed by atoms with Gasteiger partial charge in [0.15, 0.2) is 12.4 Å². The molecular formula is C22H17NO3. The monoisotopic (exact) mass is 343 g/mol. The van der Waals surface area contributed by atoms with Crippen LogP contribution >= 0.6 is 0 Å². The van der Waals surface area contributed by atoms with Crippen molar-refractivity contribution in [2.45, 2.75) is 13.0 Å². The van der Waals surface area contributed by atoms with Gasteiger partial charge in [-0.3, -0.25) is 4.79 Å². The SMILES string of the molecule is O=C(Cc1cccc2ccccc12)OCc1ncc(-c2ccccc2)o1. The minimum atomic E-state index is -0.305. The molecule has 4 heteroatoms. The van der Waals surface area contributed by atoms with E-state index >= 15 is 0 Å². The van der Waals surface area contributed by atoms with Crippen molar-refractivity contribution in [2.24, 2.45) is 0 Å². The zero-order valence-corrected chi connectivity index (χ0v) is 14.1. The van der Waals surface area contributed by atoms with Gasteiger partial charge in [-0.1, -0.05) is 72.8 Å². The molecule has 0 aliphatic heterocycles. The number of ether oxygens (including phenoxy) is 1. The first kappa shape index (κ1) is 16.1. The number of hydrogen-bond donors (Lipinski definition) is 0. The molecule has 4 rings (SSSR count). The van der Waals surface area contributed by atoms with Crippen LogP contribution in [0.25, 0.3) is 22.1 Å². The van der Waals surface area contributed by atoms with Crippen molar-refractivity contribution in [3.63, 3.8) is 0 Å². The van der Waals surface area contributed by atoms with Crippen LogP contribution in [0.4, 0.5) is 0 Å². The van der Waals surface area contributed by atoms with Crippen molar-refractivity contribution in [1.82, 2.24) is 4.98 Å². The zero-order chi connectivity index (χ0) is 17.8. The third kappa shape index (κ3) is 3.49. The summed E-state index contributed by atoms with van der Waals surface area (Å²) in [6.07, 6.45) is 1.86. The molecule has 0 aliphatic rings. The van der Waals surface area contributed by atoms with Gasteiger partial charge in [-0.2, -0.15) is 0 Å². The Labute approximate surface area is 151 Å². The molecule has 0 spiro atoms. The summed E-state index contributed by atoms with van der Waals surface area (Å²) in [5, 5.41) is 2.17. The lowest BCUT2D eigenvalue weighted by Crippen LogP contribution is -2.08. The Morgan fingerprint density at radius 3 is 2.58 bits per heavy atom. The average molecular weight is 343 g/mol. The molecule has 0 atom stereocenters. The maximum atomic E-state index is 12.2. The second-order valence-electron chi connectivity index (χ2n) is 5.96. The Morgan fingerprint density at radius 1 is 0.923 bits per heavy atom. The molecule has 1 heterocycles. The molecule has 0 aliphatic carbocycles. The molecule has 0 bridgehead atoms. The fourth-order valence-corrected chi connectivity index (χ4v) is 2.91. The van der Waals surface area contributed by atoms with E-state index in [1.165, 1.54) is 0 Å².